The van der Waals surface area contributed by atoms with E-state index in [0.717, 1.165) is 22.5 Å². The third-order valence-corrected chi connectivity index (χ3v) is 5.92. The number of aliphatic imine (C=N–C) groups is 1. The number of aryl methyl sites for hydroxylation is 3. The predicted octanol–water partition coefficient (Wildman–Crippen LogP) is 2.00. The van der Waals surface area contributed by atoms with Crippen molar-refractivity contribution in [3.05, 3.63) is 46.8 Å². The van der Waals surface area contributed by atoms with Gasteiger partial charge < -0.3 is 10.6 Å². The molecule has 0 radical (unpaired) electrons. The lowest BCUT2D eigenvalue weighted by Gasteiger charge is -2.12. The zero-order chi connectivity index (χ0) is 20.7. The first kappa shape index (κ1) is 25.4. The number of benzene rings is 1. The number of aromatic nitrogens is 2. The third kappa shape index (κ3) is 7.27. The van der Waals surface area contributed by atoms with Crippen molar-refractivity contribution in [3.63, 3.8) is 0 Å². The molecule has 2 rings (SSSR count). The molecule has 1 aromatic heterocycles. The summed E-state index contributed by atoms with van der Waals surface area (Å²) in [5, 5.41) is 10.7. The fourth-order valence-corrected chi connectivity index (χ4v) is 3.75. The molecule has 0 spiro atoms. The second kappa shape index (κ2) is 11.5. The van der Waals surface area contributed by atoms with Crippen LogP contribution in [0.5, 0.6) is 0 Å². The molecule has 3 N–H and O–H groups in total. The van der Waals surface area contributed by atoms with Crippen molar-refractivity contribution in [2.24, 2.45) is 12.0 Å². The molecule has 162 valence electrons. The summed E-state index contributed by atoms with van der Waals surface area (Å²) in [6.45, 7) is 9.79. The normalized spacial score (nSPS) is 11.8. The van der Waals surface area contributed by atoms with Gasteiger partial charge in [0.05, 0.1) is 17.1 Å². The number of halogens is 1. The Bertz CT molecular complexity index is 923. The summed E-state index contributed by atoms with van der Waals surface area (Å²) in [7, 11) is -1.60. The van der Waals surface area contributed by atoms with Gasteiger partial charge >= 0.3 is 0 Å². The van der Waals surface area contributed by atoms with E-state index in [9.17, 15) is 8.42 Å². The molecule has 0 aliphatic rings. The maximum Gasteiger partial charge on any atom is 0.240 e. The second-order valence-electron chi connectivity index (χ2n) is 6.61. The van der Waals surface area contributed by atoms with Gasteiger partial charge in [-0.15, -0.1) is 24.0 Å². The van der Waals surface area contributed by atoms with Crippen molar-refractivity contribution < 1.29 is 8.42 Å². The van der Waals surface area contributed by atoms with Gasteiger partial charge in [0.15, 0.2) is 5.96 Å². The molecular formula is C19H31IN6O2S. The molecule has 8 nitrogen and oxygen atoms in total. The summed E-state index contributed by atoms with van der Waals surface area (Å²) in [6, 6.07) is 6.78. The topological polar surface area (TPSA) is 100 Å². The monoisotopic (exact) mass is 534 g/mol. The number of hydrogen-bond acceptors (Lipinski definition) is 4. The van der Waals surface area contributed by atoms with Crippen molar-refractivity contribution in [2.45, 2.75) is 39.1 Å². The first-order chi connectivity index (χ1) is 13.2. The van der Waals surface area contributed by atoms with E-state index in [1.165, 1.54) is 0 Å². The first-order valence-electron chi connectivity index (χ1n) is 9.32. The van der Waals surface area contributed by atoms with E-state index in [2.05, 4.69) is 25.4 Å². The van der Waals surface area contributed by atoms with Crippen LogP contribution in [0.2, 0.25) is 0 Å². The van der Waals surface area contributed by atoms with Crippen LogP contribution in [0.1, 0.15) is 29.4 Å². The van der Waals surface area contributed by atoms with Crippen LogP contribution in [-0.4, -0.2) is 43.8 Å². The van der Waals surface area contributed by atoms with E-state index in [1.807, 2.05) is 39.4 Å². The van der Waals surface area contributed by atoms with Gasteiger partial charge in [0.25, 0.3) is 0 Å². The molecule has 0 unspecified atom stereocenters. The highest BCUT2D eigenvalue weighted by Crippen LogP contribution is 2.12. The van der Waals surface area contributed by atoms with Crippen LogP contribution in [0.4, 0.5) is 0 Å². The van der Waals surface area contributed by atoms with Crippen LogP contribution in [0.3, 0.4) is 0 Å². The Labute approximate surface area is 190 Å². The summed E-state index contributed by atoms with van der Waals surface area (Å²) in [5.74, 6) is 0.639. The van der Waals surface area contributed by atoms with Gasteiger partial charge in [0, 0.05) is 37.9 Å². The van der Waals surface area contributed by atoms with Crippen molar-refractivity contribution in [1.29, 1.82) is 0 Å². The quantitative estimate of drug-likeness (QED) is 0.208. The molecule has 0 aliphatic heterocycles. The van der Waals surface area contributed by atoms with E-state index in [0.29, 0.717) is 25.6 Å². The molecule has 10 heteroatoms. The minimum Gasteiger partial charge on any atom is -0.357 e. The SMILES string of the molecule is CCNC(=NCc1c(C)nn(C)c1C)NCCNS(=O)(=O)c1ccc(C)cc1.I. The lowest BCUT2D eigenvalue weighted by atomic mass is 10.2. The van der Waals surface area contributed by atoms with Crippen LogP contribution >= 0.6 is 24.0 Å². The number of nitrogens with zero attached hydrogens (tertiary/aromatic N) is 3. The number of rotatable bonds is 8. The minimum atomic E-state index is -3.51. The standard InChI is InChI=1S/C19H30N6O2S.HI/c1-6-20-19(22-13-18-15(3)24-25(5)16(18)4)21-11-12-23-28(26,27)17-9-7-14(2)8-10-17;/h7-10,23H,6,11-13H2,1-5H3,(H2,20,21,22);1H. The highest BCUT2D eigenvalue weighted by Gasteiger charge is 2.13. The highest BCUT2D eigenvalue weighted by molar-refractivity contribution is 14.0. The van der Waals surface area contributed by atoms with Crippen molar-refractivity contribution in [3.8, 4) is 0 Å². The average Bonchev–Trinajstić information content (AvgIpc) is 2.89. The Morgan fingerprint density at radius 2 is 1.76 bits per heavy atom. The fraction of sp³-hybridized carbons (Fsp3) is 0.474. The van der Waals surface area contributed by atoms with Crippen molar-refractivity contribution in [1.82, 2.24) is 25.1 Å². The summed E-state index contributed by atoms with van der Waals surface area (Å²) in [5.41, 5.74) is 4.17. The van der Waals surface area contributed by atoms with Crippen molar-refractivity contribution >= 4 is 40.0 Å². The van der Waals surface area contributed by atoms with Gasteiger partial charge in [-0.3, -0.25) is 4.68 Å². The Morgan fingerprint density at radius 3 is 2.31 bits per heavy atom. The van der Waals surface area contributed by atoms with Gasteiger partial charge in [-0.05, 0) is 39.8 Å². The highest BCUT2D eigenvalue weighted by atomic mass is 127. The van der Waals surface area contributed by atoms with E-state index in [4.69, 9.17) is 0 Å². The van der Waals surface area contributed by atoms with Crippen LogP contribution < -0.4 is 15.4 Å². The minimum absolute atomic E-state index is 0. The second-order valence-corrected chi connectivity index (χ2v) is 8.37. The van der Waals surface area contributed by atoms with Gasteiger partial charge in [-0.25, -0.2) is 18.1 Å². The lowest BCUT2D eigenvalue weighted by molar-refractivity contribution is 0.580. The number of sulfonamides is 1. The number of nitrogens with one attached hydrogen (secondary N) is 3. The maximum atomic E-state index is 12.3. The molecule has 0 atom stereocenters. The number of hydrogen-bond donors (Lipinski definition) is 3. The summed E-state index contributed by atoms with van der Waals surface area (Å²) in [6.07, 6.45) is 0. The third-order valence-electron chi connectivity index (χ3n) is 4.44. The molecule has 0 fully saturated rings. The summed E-state index contributed by atoms with van der Waals surface area (Å²) in [4.78, 5) is 4.85. The van der Waals surface area contributed by atoms with Crippen LogP contribution in [0, 0.1) is 20.8 Å². The zero-order valence-corrected chi connectivity index (χ0v) is 20.8. The molecule has 2 aromatic rings. The molecule has 0 bridgehead atoms. The van der Waals surface area contributed by atoms with E-state index in [-0.39, 0.29) is 35.4 Å². The number of guanidine groups is 1. The zero-order valence-electron chi connectivity index (χ0n) is 17.6. The Balaban J connectivity index is 0.00000420. The summed E-state index contributed by atoms with van der Waals surface area (Å²) < 4.78 is 29.1. The Morgan fingerprint density at radius 1 is 1.10 bits per heavy atom. The molecule has 0 saturated heterocycles. The Hall–Kier alpha value is -1.66. The van der Waals surface area contributed by atoms with Gasteiger partial charge in [-0.2, -0.15) is 5.10 Å². The molecule has 0 aliphatic carbocycles. The Kier molecular flexibility index (Phi) is 10.1. The van der Waals surface area contributed by atoms with E-state index < -0.39 is 10.0 Å². The fourth-order valence-electron chi connectivity index (χ4n) is 2.71. The van der Waals surface area contributed by atoms with Gasteiger partial charge in [0.2, 0.25) is 10.0 Å². The largest absolute Gasteiger partial charge is 0.357 e. The average molecular weight is 534 g/mol. The predicted molar refractivity (Wildman–Crippen MR) is 127 cm³/mol. The lowest BCUT2D eigenvalue weighted by Crippen LogP contribution is -2.41. The van der Waals surface area contributed by atoms with Crippen LogP contribution in [-0.2, 0) is 23.6 Å². The molecular weight excluding hydrogens is 503 g/mol. The smallest absolute Gasteiger partial charge is 0.240 e. The van der Waals surface area contributed by atoms with E-state index in [1.54, 1.807) is 24.3 Å². The van der Waals surface area contributed by atoms with Gasteiger partial charge in [0.1, 0.15) is 0 Å². The molecule has 0 amide bonds. The maximum absolute atomic E-state index is 12.3. The molecule has 29 heavy (non-hydrogen) atoms. The molecule has 0 saturated carbocycles. The molecule has 1 aromatic carbocycles. The summed E-state index contributed by atoms with van der Waals surface area (Å²) >= 11 is 0. The van der Waals surface area contributed by atoms with Crippen LogP contribution in [0.25, 0.3) is 0 Å². The van der Waals surface area contributed by atoms with Crippen molar-refractivity contribution in [2.75, 3.05) is 19.6 Å². The molecule has 1 heterocycles. The first-order valence-corrected chi connectivity index (χ1v) is 10.8. The van der Waals surface area contributed by atoms with Gasteiger partial charge in [-0.1, -0.05) is 17.7 Å². The van der Waals surface area contributed by atoms with E-state index >= 15 is 0 Å². The van der Waals surface area contributed by atoms with Crippen LogP contribution in [0.15, 0.2) is 34.2 Å².